The molecule has 0 aromatic heterocycles. The van der Waals surface area contributed by atoms with Gasteiger partial charge in [0.2, 0.25) is 40.8 Å². The summed E-state index contributed by atoms with van der Waals surface area (Å²) >= 11 is 2.72. The predicted octanol–water partition coefficient (Wildman–Crippen LogP) is 3.14. The number of ketones is 1. The molecule has 4 heterocycles. The van der Waals surface area contributed by atoms with Crippen molar-refractivity contribution in [1.29, 1.82) is 0 Å². The largest absolute Gasteiger partial charge is 0.492 e. The van der Waals surface area contributed by atoms with Crippen LogP contribution in [-0.2, 0) is 87.4 Å². The van der Waals surface area contributed by atoms with Gasteiger partial charge in [0.25, 0.3) is 0 Å². The number of nitrogens with zero attached hydrogens (tertiary/aromatic N) is 1. The number of benzene rings is 2. The Morgan fingerprint density at radius 1 is 0.791 bits per heavy atom. The molecular weight excluding hydrogens is 1890 g/mol. The number of amides is 8. The second-order valence-corrected chi connectivity index (χ2v) is 38.6. The maximum Gasteiger partial charge on any atom is 0.411 e. The number of urea groups is 1. The third-order valence-electron chi connectivity index (χ3n) is 21.9. The number of anilines is 1. The first-order valence-electron chi connectivity index (χ1n) is 41.6. The van der Waals surface area contributed by atoms with E-state index in [-0.39, 0.29) is 104 Å². The van der Waals surface area contributed by atoms with Gasteiger partial charge in [0.15, 0.2) is 41.8 Å². The van der Waals surface area contributed by atoms with Crippen LogP contribution in [0.2, 0.25) is 0 Å². The van der Waals surface area contributed by atoms with Crippen LogP contribution in [0.3, 0.4) is 0 Å². The highest BCUT2D eigenvalue weighted by atomic mass is 127. The van der Waals surface area contributed by atoms with Gasteiger partial charge >= 0.3 is 25.8 Å². The van der Waals surface area contributed by atoms with Crippen LogP contribution in [0.15, 0.2) is 59.3 Å². The van der Waals surface area contributed by atoms with E-state index in [0.717, 1.165) is 40.5 Å². The number of hydroxylamine groups is 1. The minimum absolute atomic E-state index is 0.0161. The molecule has 2 aliphatic carbocycles. The Bertz CT molecular complexity index is 4520. The molecular formula is C83H118IN10O31PS3. The van der Waals surface area contributed by atoms with Gasteiger partial charge in [-0.3, -0.25) is 43.5 Å². The second-order valence-electron chi connectivity index (χ2n) is 31.3. The SMILES string of the molecule is CCN(C(=O)OCc1ccc(NC(=O)[C@H](CCCNC(N)=O)NC(=O)[C@@H](NC(=O)[C@H](CCCCN)NC(C)=O)C(C)C)cc1)[C@H]1CO[C@@H](O[C@H]2[C@H](O[C@H]3C#C/C=C\C#C[C@]4(O)CC(=O)C(NC(=O)OC)=C3/C4=C\CSSC(C)P(=O)(O)O)O[C@H](C)[C@@H](NO[C@H]3C[C@H](O)[C@H](SC(=O)c4c(C)c(I)c(O[C@@H]5O[C@@H](C)[C@H](O)[C@@H](OC)[C@H]5O)c(OC)c4OC)[C@@H](C)O3)[C@@H]2O)C[C@@H]1OC. The number of nitrogens with one attached hydrogen (secondary N) is 7. The third kappa shape index (κ3) is 28.5. The van der Waals surface area contributed by atoms with Gasteiger partial charge in [-0.05, 0) is 144 Å². The Labute approximate surface area is 773 Å². The number of ether oxygens (including phenoxy) is 13. The first kappa shape index (κ1) is 107. The van der Waals surface area contributed by atoms with Crippen molar-refractivity contribution in [3.8, 4) is 40.9 Å². The van der Waals surface area contributed by atoms with Crippen LogP contribution in [0.4, 0.5) is 20.1 Å². The van der Waals surface area contributed by atoms with E-state index in [1.165, 1.54) is 72.3 Å². The maximum atomic E-state index is 14.7. The lowest BCUT2D eigenvalue weighted by molar-refractivity contribution is -0.337. The Hall–Kier alpha value is -7.50. The number of carbonyl (C=O) groups is 9. The van der Waals surface area contributed by atoms with Crippen molar-refractivity contribution >= 4 is 122 Å². The number of primary amides is 1. The highest BCUT2D eigenvalue weighted by molar-refractivity contribution is 14.1. The van der Waals surface area contributed by atoms with Crippen LogP contribution in [0.25, 0.3) is 0 Å². The van der Waals surface area contributed by atoms with E-state index in [2.05, 4.69) is 61.1 Å². The van der Waals surface area contributed by atoms with Crippen molar-refractivity contribution < 1.29 is 149 Å². The normalized spacial score (nSPS) is 28.3. The third-order valence-corrected chi connectivity index (χ3v) is 29.5. The van der Waals surface area contributed by atoms with Crippen molar-refractivity contribution in [2.24, 2.45) is 17.4 Å². The molecule has 129 heavy (non-hydrogen) atoms. The van der Waals surface area contributed by atoms with Crippen molar-refractivity contribution in [3.05, 3.63) is 79.6 Å². The number of aliphatic hydroxyl groups excluding tert-OH is 4. The van der Waals surface area contributed by atoms with Gasteiger partial charge in [-0.2, -0.15) is 5.48 Å². The number of carbonyl (C=O) groups excluding carboxylic acids is 9. The van der Waals surface area contributed by atoms with Crippen LogP contribution in [0, 0.1) is 40.1 Å². The number of methoxy groups -OCH3 is 5. The molecule has 8 amide bonds. The van der Waals surface area contributed by atoms with Crippen molar-refractivity contribution in [1.82, 2.24) is 37.0 Å². The molecule has 0 saturated carbocycles. The molecule has 716 valence electrons. The fraction of sp³-hybridized carbons (Fsp3) is 0.627. The zero-order chi connectivity index (χ0) is 95.1. The van der Waals surface area contributed by atoms with Gasteiger partial charge in [-0.1, -0.05) is 89.1 Å². The van der Waals surface area contributed by atoms with Gasteiger partial charge in [-0.25, -0.2) is 14.4 Å². The average Bonchev–Trinajstić information content (AvgIpc) is 0.755. The topological polar surface area (TPSA) is 581 Å². The molecule has 1 unspecified atom stereocenters. The minimum Gasteiger partial charge on any atom is -0.492 e. The molecule has 0 spiro atoms. The number of alkyl carbamates (subject to hydrolysis) is 1. The summed E-state index contributed by atoms with van der Waals surface area (Å²) < 4.78 is 91.4. The molecule has 23 atom stereocenters. The standard InChI is InChI=1S/C83H118IN10O31PS3/c1-15-94(82(107)118-38-47-26-28-48(29-27-47)89-74(101)51(24-22-33-87-80(86)105)90-76(103)62(40(2)3)91-75(102)50(88-45(8)95)23-19-21-32-85)52-39-117-57(36-56(52)112-10)123-71-66(99)63(42(5)120-79(71)122-55-25-18-16-17-20-31-83(108)37-54(97)64(92-81(106)116-14)60(55)49(83)30-34-127-129-46(9)126(109,110)111)93-125-58-35-53(96)73(44(7)119-58)128-77(104)59-41(4)61(84)69(72(115-13)68(59)113-11)124-78-67(100)70(114-12)65(98)43(6)121-78/h16-17,26-30,40,42-44,46,50-53,55-58,62-63,65-67,70-71,73,78-79,93,96,98-100,108H,15,19,21-24,32-39,85H2,1-14H3,(H,88,95)(H,89,101)(H,90,103)(H,91,102)(H,92,106)(H3,86,87,105)(H2,109,110,111)/b17-16-,49-30+/t42-,43+,44-,46?,50+,51+,52+,53+,55+,56+,57+,58+,62+,63-,65+,66+,67-,70-,71-,73-,78+,79+,83+/m1/s1. The smallest absolute Gasteiger partial charge is 0.411 e. The average molecular weight is 2010 g/mol. The van der Waals surface area contributed by atoms with E-state index in [0.29, 0.717) is 34.1 Å². The molecule has 0 radical (unpaired) electrons. The lowest BCUT2D eigenvalue weighted by Gasteiger charge is -2.47. The van der Waals surface area contributed by atoms with Crippen LogP contribution in [0.5, 0.6) is 17.2 Å². The number of halogens is 1. The molecule has 6 aliphatic rings. The van der Waals surface area contributed by atoms with Crippen LogP contribution in [0.1, 0.15) is 128 Å². The maximum absolute atomic E-state index is 14.7. The molecule has 4 fully saturated rings. The predicted molar refractivity (Wildman–Crippen MR) is 478 cm³/mol. The van der Waals surface area contributed by atoms with Gasteiger partial charge in [0.05, 0.1) is 97.0 Å². The fourth-order valence-electron chi connectivity index (χ4n) is 14.9. The molecule has 2 aromatic carbocycles. The summed E-state index contributed by atoms with van der Waals surface area (Å²) in [7, 11) is 3.64. The molecule has 2 bridgehead atoms. The molecule has 18 N–H and O–H groups in total. The second kappa shape index (κ2) is 50.0. The van der Waals surface area contributed by atoms with Gasteiger partial charge in [0.1, 0.15) is 66.3 Å². The molecule has 2 aromatic rings. The Morgan fingerprint density at radius 3 is 2.10 bits per heavy atom. The number of aliphatic hydroxyl groups is 5. The molecule has 4 aliphatic heterocycles. The van der Waals surface area contributed by atoms with Crippen molar-refractivity contribution in [2.75, 3.05) is 72.9 Å². The first-order chi connectivity index (χ1) is 61.2. The Morgan fingerprint density at radius 2 is 1.47 bits per heavy atom. The summed E-state index contributed by atoms with van der Waals surface area (Å²) in [5, 5.41) is 73.5. The highest BCUT2D eigenvalue weighted by Gasteiger charge is 2.53. The number of fused-ring (bicyclic) bond motifs is 2. The van der Waals surface area contributed by atoms with E-state index in [9.17, 15) is 83.0 Å². The Balaban J connectivity index is 1.01. The summed E-state index contributed by atoms with van der Waals surface area (Å²) in [5.41, 5.74) is 11.8. The molecule has 8 rings (SSSR count). The number of Topliss-reactive ketones (excluding diaryl/α,β-unsaturated/α-hetero) is 1. The lowest BCUT2D eigenvalue weighted by atomic mass is 9.75. The van der Waals surface area contributed by atoms with Gasteiger partial charge in [-0.15, -0.1) is 0 Å². The van der Waals surface area contributed by atoms with E-state index in [1.54, 1.807) is 65.8 Å². The van der Waals surface area contributed by atoms with E-state index < -0.39 is 217 Å². The van der Waals surface area contributed by atoms with Gasteiger partial charge < -0.3 is 140 Å². The molecule has 41 nitrogen and oxygen atoms in total. The molecule has 46 heteroatoms. The molecule has 4 saturated heterocycles. The van der Waals surface area contributed by atoms with Crippen molar-refractivity contribution in [2.45, 2.75) is 259 Å². The number of hydrogen-bond acceptors (Lipinski definition) is 34. The van der Waals surface area contributed by atoms with E-state index in [4.69, 9.17) is 77.9 Å². The van der Waals surface area contributed by atoms with E-state index >= 15 is 0 Å². The number of hydrogen-bond donors (Lipinski definition) is 16. The zero-order valence-corrected chi connectivity index (χ0v) is 79.3. The summed E-state index contributed by atoms with van der Waals surface area (Å²) in [6, 6.07) is -0.0150. The number of likely N-dealkylation sites (N-methyl/N-ethyl adjacent to an activating group) is 1. The van der Waals surface area contributed by atoms with Crippen LogP contribution >= 0.6 is 63.5 Å². The van der Waals surface area contributed by atoms with Crippen molar-refractivity contribution in [3.63, 3.8) is 0 Å². The number of nitrogens with two attached hydrogens (primary N) is 2. The first-order valence-corrected chi connectivity index (χ1v) is 47.6. The fourth-order valence-corrected chi connectivity index (χ4v) is 20.2. The van der Waals surface area contributed by atoms with Gasteiger partial charge in [0, 0.05) is 69.7 Å². The number of allylic oxidation sites excluding steroid dienone is 3. The summed E-state index contributed by atoms with van der Waals surface area (Å²) in [6.45, 7) is 14.0. The van der Waals surface area contributed by atoms with Crippen LogP contribution < -0.4 is 63.1 Å². The van der Waals surface area contributed by atoms with Crippen LogP contribution in [-0.4, -0.2) is 299 Å². The minimum atomic E-state index is -4.58. The number of thioether (sulfide) groups is 1. The summed E-state index contributed by atoms with van der Waals surface area (Å²) in [6.07, 6.45) is -17.3. The summed E-state index contributed by atoms with van der Waals surface area (Å²) in [5.74, 6) is 7.30. The Kier molecular flexibility index (Phi) is 41.4. The lowest BCUT2D eigenvalue weighted by Crippen LogP contribution is -2.65. The summed E-state index contributed by atoms with van der Waals surface area (Å²) in [4.78, 5) is 148. The zero-order valence-electron chi connectivity index (χ0n) is 73.8. The number of rotatable bonds is 41. The quantitative estimate of drug-likeness (QED) is 0.0114. The van der Waals surface area contributed by atoms with E-state index in [1.807, 2.05) is 22.6 Å². The number of unbranched alkanes of at least 4 members (excludes halogenated alkanes) is 1. The highest BCUT2D eigenvalue weighted by Crippen LogP contribution is 2.52. The monoisotopic (exact) mass is 2000 g/mol.